The van der Waals surface area contributed by atoms with E-state index in [0.29, 0.717) is 0 Å². The number of carbonyl (C=O) groups excluding carboxylic acids is 1. The number of nitrogens with zero attached hydrogens (tertiary/aromatic N) is 1. The van der Waals surface area contributed by atoms with Gasteiger partial charge in [-0.3, -0.25) is 4.79 Å². The van der Waals surface area contributed by atoms with Crippen LogP contribution in [0, 0.1) is 5.92 Å². The number of urea groups is 1. The molecular formula is C11H19F3N2O3. The fraction of sp³-hybridized carbons (Fsp3) is 0.818. The number of nitrogens with one attached hydrogen (secondary N) is 1. The van der Waals surface area contributed by atoms with Crippen molar-refractivity contribution in [3.63, 3.8) is 0 Å². The fourth-order valence-corrected chi connectivity index (χ4v) is 1.34. The lowest BCUT2D eigenvalue weighted by Crippen LogP contribution is -2.47. The molecule has 0 saturated carbocycles. The molecule has 0 aliphatic heterocycles. The van der Waals surface area contributed by atoms with E-state index < -0.39 is 30.6 Å². The van der Waals surface area contributed by atoms with Crippen LogP contribution in [0.3, 0.4) is 0 Å². The van der Waals surface area contributed by atoms with Crippen LogP contribution in [0.1, 0.15) is 26.7 Å². The molecule has 19 heavy (non-hydrogen) atoms. The molecule has 0 heterocycles. The number of hydrogen-bond acceptors (Lipinski definition) is 2. The van der Waals surface area contributed by atoms with Crippen molar-refractivity contribution in [1.29, 1.82) is 0 Å². The average Bonchev–Trinajstić information content (AvgIpc) is 2.22. The van der Waals surface area contributed by atoms with Gasteiger partial charge in [0.25, 0.3) is 0 Å². The maximum Gasteiger partial charge on any atom is 0.391 e. The Hall–Kier alpha value is -1.47. The lowest BCUT2D eigenvalue weighted by Gasteiger charge is -2.26. The Morgan fingerprint density at radius 1 is 1.32 bits per heavy atom. The molecule has 2 N–H and O–H groups in total. The number of carboxylic acid groups (broad SMARTS) is 1. The highest BCUT2D eigenvalue weighted by molar-refractivity contribution is 5.75. The van der Waals surface area contributed by atoms with Crippen molar-refractivity contribution >= 4 is 12.0 Å². The molecule has 2 amide bonds. The third-order valence-electron chi connectivity index (χ3n) is 2.57. The van der Waals surface area contributed by atoms with Crippen molar-refractivity contribution in [2.45, 2.75) is 38.9 Å². The summed E-state index contributed by atoms with van der Waals surface area (Å²) in [6.07, 6.45) is -5.72. The maximum atomic E-state index is 12.3. The second-order valence-electron chi connectivity index (χ2n) is 4.68. The first-order valence-corrected chi connectivity index (χ1v) is 5.83. The Kier molecular flexibility index (Phi) is 6.64. The number of alkyl halides is 3. The normalized spacial score (nSPS) is 13.2. The highest BCUT2D eigenvalue weighted by Crippen LogP contribution is 2.24. The van der Waals surface area contributed by atoms with Gasteiger partial charge in [-0.1, -0.05) is 13.8 Å². The smallest absolute Gasteiger partial charge is 0.391 e. The van der Waals surface area contributed by atoms with Crippen LogP contribution in [-0.2, 0) is 4.79 Å². The van der Waals surface area contributed by atoms with E-state index >= 15 is 0 Å². The summed E-state index contributed by atoms with van der Waals surface area (Å²) < 4.78 is 37.0. The highest BCUT2D eigenvalue weighted by Gasteiger charge is 2.34. The topological polar surface area (TPSA) is 69.6 Å². The number of carbonyl (C=O) groups is 2. The van der Waals surface area contributed by atoms with Crippen LogP contribution in [0.2, 0.25) is 0 Å². The standard InChI is InChI=1S/C11H19F3N2O3/c1-7(2)8(6-11(12,13)14)15-10(19)16(3)5-4-9(17)18/h7-8H,4-6H2,1-3H3,(H,15,19)(H,17,18). The molecule has 0 rings (SSSR count). The maximum absolute atomic E-state index is 12.3. The zero-order valence-electron chi connectivity index (χ0n) is 11.1. The van der Waals surface area contributed by atoms with E-state index in [2.05, 4.69) is 5.32 Å². The highest BCUT2D eigenvalue weighted by atomic mass is 19.4. The lowest BCUT2D eigenvalue weighted by molar-refractivity contribution is -0.141. The number of aliphatic carboxylic acids is 1. The molecule has 0 aromatic heterocycles. The number of hydrogen-bond donors (Lipinski definition) is 2. The Morgan fingerprint density at radius 3 is 2.21 bits per heavy atom. The molecule has 0 bridgehead atoms. The van der Waals surface area contributed by atoms with Crippen molar-refractivity contribution in [2.75, 3.05) is 13.6 Å². The molecule has 0 fully saturated rings. The van der Waals surface area contributed by atoms with Crippen LogP contribution in [0.25, 0.3) is 0 Å². The van der Waals surface area contributed by atoms with Gasteiger partial charge in [-0.05, 0) is 5.92 Å². The van der Waals surface area contributed by atoms with Gasteiger partial charge in [0, 0.05) is 19.6 Å². The lowest BCUT2D eigenvalue weighted by atomic mass is 10.0. The van der Waals surface area contributed by atoms with Crippen molar-refractivity contribution in [1.82, 2.24) is 10.2 Å². The number of carboxylic acids is 1. The minimum atomic E-state index is -4.36. The summed E-state index contributed by atoms with van der Waals surface area (Å²) in [5, 5.41) is 10.7. The molecule has 112 valence electrons. The zero-order chi connectivity index (χ0) is 15.2. The SMILES string of the molecule is CC(C)C(CC(F)(F)F)NC(=O)N(C)CCC(=O)O. The summed E-state index contributed by atoms with van der Waals surface area (Å²) >= 11 is 0. The summed E-state index contributed by atoms with van der Waals surface area (Å²) in [6.45, 7) is 3.10. The van der Waals surface area contributed by atoms with Crippen molar-refractivity contribution in [3.8, 4) is 0 Å². The molecule has 1 unspecified atom stereocenters. The predicted molar refractivity (Wildman–Crippen MR) is 62.7 cm³/mol. The van der Waals surface area contributed by atoms with Gasteiger partial charge >= 0.3 is 18.2 Å². The largest absolute Gasteiger partial charge is 0.481 e. The summed E-state index contributed by atoms with van der Waals surface area (Å²) in [5.74, 6) is -1.45. The van der Waals surface area contributed by atoms with Crippen LogP contribution in [0.5, 0.6) is 0 Å². The first-order valence-electron chi connectivity index (χ1n) is 5.83. The molecule has 0 aliphatic rings. The van der Waals surface area contributed by atoms with Gasteiger partial charge in [0.1, 0.15) is 0 Å². The van der Waals surface area contributed by atoms with Gasteiger partial charge in [0.2, 0.25) is 0 Å². The molecule has 0 aromatic carbocycles. The molecular weight excluding hydrogens is 265 g/mol. The monoisotopic (exact) mass is 284 g/mol. The Balaban J connectivity index is 4.42. The van der Waals surface area contributed by atoms with Crippen LogP contribution in [0.4, 0.5) is 18.0 Å². The molecule has 1 atom stereocenters. The first-order chi connectivity index (χ1) is 8.53. The number of amides is 2. The molecule has 0 spiro atoms. The van der Waals surface area contributed by atoms with Crippen molar-refractivity contribution in [2.24, 2.45) is 5.92 Å². The van der Waals surface area contributed by atoms with Crippen molar-refractivity contribution in [3.05, 3.63) is 0 Å². The van der Waals surface area contributed by atoms with Gasteiger partial charge in [-0.15, -0.1) is 0 Å². The second kappa shape index (κ2) is 7.20. The third-order valence-corrected chi connectivity index (χ3v) is 2.57. The third kappa shape index (κ3) is 8.28. The summed E-state index contributed by atoms with van der Waals surface area (Å²) in [4.78, 5) is 23.0. The van der Waals surface area contributed by atoms with E-state index in [1.807, 2.05) is 0 Å². The Bertz CT molecular complexity index is 319. The second-order valence-corrected chi connectivity index (χ2v) is 4.68. The summed E-state index contributed by atoms with van der Waals surface area (Å²) in [7, 11) is 1.34. The molecule has 0 radical (unpaired) electrons. The minimum absolute atomic E-state index is 0.0575. The quantitative estimate of drug-likeness (QED) is 0.784. The fourth-order valence-electron chi connectivity index (χ4n) is 1.34. The van der Waals surface area contributed by atoms with Crippen LogP contribution >= 0.6 is 0 Å². The van der Waals surface area contributed by atoms with Gasteiger partial charge in [-0.25, -0.2) is 4.79 Å². The average molecular weight is 284 g/mol. The molecule has 0 aromatic rings. The Labute approximate surface area is 109 Å². The number of rotatable bonds is 6. The van der Waals surface area contributed by atoms with E-state index in [9.17, 15) is 22.8 Å². The molecule has 5 nitrogen and oxygen atoms in total. The van der Waals surface area contributed by atoms with E-state index in [4.69, 9.17) is 5.11 Å². The van der Waals surface area contributed by atoms with E-state index in [-0.39, 0.29) is 18.9 Å². The van der Waals surface area contributed by atoms with Gasteiger partial charge in [0.15, 0.2) is 0 Å². The molecule has 0 aliphatic carbocycles. The molecule has 0 saturated heterocycles. The van der Waals surface area contributed by atoms with Crippen LogP contribution < -0.4 is 5.32 Å². The van der Waals surface area contributed by atoms with Crippen molar-refractivity contribution < 1.29 is 27.9 Å². The van der Waals surface area contributed by atoms with Gasteiger partial charge in [-0.2, -0.15) is 13.2 Å². The minimum Gasteiger partial charge on any atom is -0.481 e. The summed E-state index contributed by atoms with van der Waals surface area (Å²) in [6, 6.07) is -1.73. The van der Waals surface area contributed by atoms with Gasteiger partial charge < -0.3 is 15.3 Å². The van der Waals surface area contributed by atoms with E-state index in [0.717, 1.165) is 4.90 Å². The van der Waals surface area contributed by atoms with Crippen LogP contribution in [-0.4, -0.2) is 47.8 Å². The van der Waals surface area contributed by atoms with E-state index in [1.165, 1.54) is 7.05 Å². The molecule has 8 heteroatoms. The number of halogens is 3. The Morgan fingerprint density at radius 2 is 1.84 bits per heavy atom. The van der Waals surface area contributed by atoms with Crippen LogP contribution in [0.15, 0.2) is 0 Å². The predicted octanol–water partition coefficient (Wildman–Crippen LogP) is 2.08. The first kappa shape index (κ1) is 17.5. The van der Waals surface area contributed by atoms with E-state index in [1.54, 1.807) is 13.8 Å². The van der Waals surface area contributed by atoms with Gasteiger partial charge in [0.05, 0.1) is 12.8 Å². The summed E-state index contributed by atoms with van der Waals surface area (Å²) in [5.41, 5.74) is 0. The zero-order valence-corrected chi connectivity index (χ0v) is 11.1.